The summed E-state index contributed by atoms with van der Waals surface area (Å²) in [6, 6.07) is 3.37. The van der Waals surface area contributed by atoms with Crippen LogP contribution in [-0.2, 0) is 29.3 Å². The Bertz CT molecular complexity index is 957. The molecule has 1 aromatic carbocycles. The van der Waals surface area contributed by atoms with Crippen LogP contribution in [0.25, 0.3) is 0 Å². The maximum absolute atomic E-state index is 13.8. The molecule has 1 aliphatic heterocycles. The second kappa shape index (κ2) is 6.06. The lowest BCUT2D eigenvalue weighted by atomic mass is 10.1. The Kier molecular flexibility index (Phi) is 4.22. The number of aromatic nitrogens is 2. The third kappa shape index (κ3) is 3.36. The maximum atomic E-state index is 13.8. The normalized spacial score (nSPS) is 15.3. The lowest BCUT2D eigenvalue weighted by Crippen LogP contribution is -2.35. The quantitative estimate of drug-likeness (QED) is 0.831. The summed E-state index contributed by atoms with van der Waals surface area (Å²) >= 11 is 0. The van der Waals surface area contributed by atoms with E-state index in [2.05, 4.69) is 9.97 Å². The molecule has 1 N–H and O–H groups in total. The third-order valence-corrected chi connectivity index (χ3v) is 4.79. The van der Waals surface area contributed by atoms with Crippen LogP contribution < -0.4 is 5.56 Å². The van der Waals surface area contributed by atoms with Crippen molar-refractivity contribution >= 4 is 9.84 Å². The highest BCUT2D eigenvalue weighted by Gasteiger charge is 2.24. The molecule has 1 aromatic heterocycles. The largest absolute Gasteiger partial charge is 0.297 e. The minimum atomic E-state index is -3.63. The number of nitrogens with one attached hydrogen (secondary N) is 1. The second-order valence-corrected chi connectivity index (χ2v) is 7.70. The molecule has 1 aliphatic rings. The summed E-state index contributed by atoms with van der Waals surface area (Å²) in [7, 11) is -3.63. The molecule has 24 heavy (non-hydrogen) atoms. The zero-order valence-electron chi connectivity index (χ0n) is 12.8. The number of nitrogens with zero attached hydrogens (tertiary/aromatic N) is 2. The van der Waals surface area contributed by atoms with Crippen molar-refractivity contribution in [2.45, 2.75) is 24.7 Å². The number of aromatic amines is 1. The Labute approximate surface area is 137 Å². The number of fused-ring (bicyclic) bond motifs is 1. The number of benzene rings is 1. The number of sulfone groups is 1. The average molecular weight is 355 g/mol. The van der Waals surface area contributed by atoms with Crippen LogP contribution in [0.1, 0.15) is 16.8 Å². The Morgan fingerprint density at radius 1 is 1.33 bits per heavy atom. The molecule has 2 heterocycles. The molecular weight excluding hydrogens is 340 g/mol. The number of rotatable bonds is 3. The van der Waals surface area contributed by atoms with Crippen molar-refractivity contribution in [3.63, 3.8) is 0 Å². The first-order valence-electron chi connectivity index (χ1n) is 7.22. The molecule has 0 fully saturated rings. The van der Waals surface area contributed by atoms with Gasteiger partial charge in [-0.1, -0.05) is 6.07 Å². The van der Waals surface area contributed by atoms with E-state index in [1.54, 1.807) is 0 Å². The summed E-state index contributed by atoms with van der Waals surface area (Å²) in [4.78, 5) is 20.2. The standard InChI is InChI=1S/C15H15F2N3O3S/c1-24(22,23)15-18-13-8-20(5-4-11(13)14(21)19-15)7-9-2-3-10(16)6-12(9)17/h2-3,6H,4-5,7-8H2,1H3,(H,18,19,21). The smallest absolute Gasteiger partial charge is 0.255 e. The molecule has 0 radical (unpaired) electrons. The lowest BCUT2D eigenvalue weighted by molar-refractivity contribution is 0.236. The van der Waals surface area contributed by atoms with Crippen LogP contribution >= 0.6 is 0 Å². The molecular formula is C15H15F2N3O3S. The van der Waals surface area contributed by atoms with E-state index in [9.17, 15) is 22.0 Å². The predicted molar refractivity (Wildman–Crippen MR) is 82.1 cm³/mol. The molecule has 0 bridgehead atoms. The number of H-pyrrole nitrogens is 1. The second-order valence-electron chi connectivity index (χ2n) is 5.76. The first-order chi connectivity index (χ1) is 11.2. The van der Waals surface area contributed by atoms with E-state index < -0.39 is 27.0 Å². The zero-order valence-corrected chi connectivity index (χ0v) is 13.7. The van der Waals surface area contributed by atoms with E-state index in [0.717, 1.165) is 12.3 Å². The van der Waals surface area contributed by atoms with Gasteiger partial charge in [0.2, 0.25) is 15.0 Å². The average Bonchev–Trinajstić information content (AvgIpc) is 2.49. The molecule has 0 saturated heterocycles. The maximum Gasteiger partial charge on any atom is 0.255 e. The van der Waals surface area contributed by atoms with Crippen LogP contribution in [0.15, 0.2) is 28.2 Å². The van der Waals surface area contributed by atoms with Crippen LogP contribution in [0.5, 0.6) is 0 Å². The molecule has 9 heteroatoms. The molecule has 128 valence electrons. The Morgan fingerprint density at radius 3 is 2.75 bits per heavy atom. The van der Waals surface area contributed by atoms with Gasteiger partial charge in [-0.25, -0.2) is 22.2 Å². The van der Waals surface area contributed by atoms with Crippen molar-refractivity contribution in [2.24, 2.45) is 0 Å². The van der Waals surface area contributed by atoms with Gasteiger partial charge in [0, 0.05) is 43.1 Å². The summed E-state index contributed by atoms with van der Waals surface area (Å²) in [5.41, 5.74) is 0.673. The molecule has 0 unspecified atom stereocenters. The Balaban J connectivity index is 1.88. The summed E-state index contributed by atoms with van der Waals surface area (Å²) in [5.74, 6) is -1.29. The van der Waals surface area contributed by atoms with Crippen molar-refractivity contribution < 1.29 is 17.2 Å². The number of halogens is 2. The van der Waals surface area contributed by atoms with Crippen molar-refractivity contribution in [3.8, 4) is 0 Å². The first kappa shape index (κ1) is 16.7. The Hall–Kier alpha value is -2.13. The highest BCUT2D eigenvalue weighted by Crippen LogP contribution is 2.19. The van der Waals surface area contributed by atoms with Gasteiger partial charge >= 0.3 is 0 Å². The molecule has 2 aromatic rings. The topological polar surface area (TPSA) is 83.1 Å². The van der Waals surface area contributed by atoms with Gasteiger partial charge < -0.3 is 0 Å². The zero-order chi connectivity index (χ0) is 17.5. The number of hydrogen-bond acceptors (Lipinski definition) is 5. The van der Waals surface area contributed by atoms with Crippen LogP contribution in [0, 0.1) is 11.6 Å². The lowest BCUT2D eigenvalue weighted by Gasteiger charge is -2.27. The fourth-order valence-electron chi connectivity index (χ4n) is 2.67. The van der Waals surface area contributed by atoms with Crippen molar-refractivity contribution in [2.75, 3.05) is 12.8 Å². The minimum absolute atomic E-state index is 0.217. The van der Waals surface area contributed by atoms with E-state index in [1.807, 2.05) is 4.90 Å². The molecule has 0 atom stereocenters. The SMILES string of the molecule is CS(=O)(=O)c1nc2c(c(=O)[nH]1)CCN(Cc1ccc(F)cc1F)C2. The van der Waals surface area contributed by atoms with E-state index >= 15 is 0 Å². The minimum Gasteiger partial charge on any atom is -0.297 e. The molecule has 0 amide bonds. The highest BCUT2D eigenvalue weighted by molar-refractivity contribution is 7.90. The van der Waals surface area contributed by atoms with Gasteiger partial charge in [0.15, 0.2) is 0 Å². The molecule has 3 rings (SSSR count). The van der Waals surface area contributed by atoms with Gasteiger partial charge in [-0.3, -0.25) is 14.7 Å². The van der Waals surface area contributed by atoms with Gasteiger partial charge in [0.1, 0.15) is 11.6 Å². The van der Waals surface area contributed by atoms with Crippen molar-refractivity contribution in [1.29, 1.82) is 0 Å². The summed E-state index contributed by atoms with van der Waals surface area (Å²) in [5, 5.41) is -0.374. The fraction of sp³-hybridized carbons (Fsp3) is 0.333. The van der Waals surface area contributed by atoms with Gasteiger partial charge in [0.05, 0.1) is 5.69 Å². The summed E-state index contributed by atoms with van der Waals surface area (Å²) in [6.07, 6.45) is 1.34. The van der Waals surface area contributed by atoms with Gasteiger partial charge in [-0.2, -0.15) is 0 Å². The van der Waals surface area contributed by atoms with Gasteiger partial charge in [-0.05, 0) is 12.5 Å². The van der Waals surface area contributed by atoms with Crippen LogP contribution in [0.3, 0.4) is 0 Å². The monoisotopic (exact) mass is 355 g/mol. The van der Waals surface area contributed by atoms with Crippen molar-refractivity contribution in [3.05, 3.63) is 57.0 Å². The predicted octanol–water partition coefficient (Wildman–Crippen LogP) is 1.01. The van der Waals surface area contributed by atoms with Crippen LogP contribution in [0.4, 0.5) is 8.78 Å². The molecule has 6 nitrogen and oxygen atoms in total. The first-order valence-corrected chi connectivity index (χ1v) is 9.11. The Morgan fingerprint density at radius 2 is 2.08 bits per heavy atom. The fourth-order valence-corrected chi connectivity index (χ4v) is 3.23. The molecule has 0 saturated carbocycles. The van der Waals surface area contributed by atoms with Crippen LogP contribution in [0.2, 0.25) is 0 Å². The van der Waals surface area contributed by atoms with E-state index in [0.29, 0.717) is 29.8 Å². The number of hydrogen-bond donors (Lipinski definition) is 1. The molecule has 0 aliphatic carbocycles. The van der Waals surface area contributed by atoms with E-state index in [4.69, 9.17) is 0 Å². The van der Waals surface area contributed by atoms with Gasteiger partial charge in [0.25, 0.3) is 5.56 Å². The third-order valence-electron chi connectivity index (χ3n) is 3.89. The summed E-state index contributed by atoms with van der Waals surface area (Å²) in [6.45, 7) is 0.930. The van der Waals surface area contributed by atoms with E-state index in [-0.39, 0.29) is 18.2 Å². The molecule has 0 spiro atoms. The van der Waals surface area contributed by atoms with Crippen LogP contribution in [-0.4, -0.2) is 36.1 Å². The van der Waals surface area contributed by atoms with Gasteiger partial charge in [-0.15, -0.1) is 0 Å². The summed E-state index contributed by atoms with van der Waals surface area (Å²) < 4.78 is 49.9. The highest BCUT2D eigenvalue weighted by atomic mass is 32.2. The van der Waals surface area contributed by atoms with E-state index in [1.165, 1.54) is 12.1 Å². The van der Waals surface area contributed by atoms with Crippen molar-refractivity contribution in [1.82, 2.24) is 14.9 Å².